The number of hydrogen-bond acceptors (Lipinski definition) is 4. The molecule has 0 aliphatic carbocycles. The molecule has 1 aliphatic rings. The van der Waals surface area contributed by atoms with Gasteiger partial charge in [-0.3, -0.25) is 9.59 Å². The molecule has 2 amide bonds. The van der Waals surface area contributed by atoms with Gasteiger partial charge in [0, 0.05) is 45.0 Å². The lowest BCUT2D eigenvalue weighted by atomic mass is 10.3. The van der Waals surface area contributed by atoms with Gasteiger partial charge in [0.05, 0.1) is 0 Å². The van der Waals surface area contributed by atoms with E-state index in [1.165, 1.54) is 0 Å². The molecule has 1 rings (SSSR count). The Hall–Kier alpha value is -0.750. The first-order chi connectivity index (χ1) is 8.07. The predicted octanol–water partition coefficient (Wildman–Crippen LogP) is -0.372. The van der Waals surface area contributed by atoms with Crippen molar-refractivity contribution in [1.29, 1.82) is 0 Å². The van der Waals surface area contributed by atoms with Gasteiger partial charge < -0.3 is 15.1 Å². The Morgan fingerprint density at radius 2 is 2.00 bits per heavy atom. The smallest absolute Gasteiger partial charge is 0.312 e. The molecule has 1 aliphatic heterocycles. The van der Waals surface area contributed by atoms with E-state index in [9.17, 15) is 9.59 Å². The van der Waals surface area contributed by atoms with E-state index in [2.05, 4.69) is 5.32 Å². The van der Waals surface area contributed by atoms with Crippen LogP contribution in [-0.2, 0) is 9.59 Å². The largest absolute Gasteiger partial charge is 0.334 e. The lowest BCUT2D eigenvalue weighted by Gasteiger charge is -2.30. The summed E-state index contributed by atoms with van der Waals surface area (Å²) in [6, 6.07) is 0.0874. The molecule has 0 spiro atoms. The zero-order valence-electron chi connectivity index (χ0n) is 10.7. The summed E-state index contributed by atoms with van der Waals surface area (Å²) in [5.74, 6) is 0.0762. The van der Waals surface area contributed by atoms with Gasteiger partial charge in [-0.15, -0.1) is 0 Å². The molecule has 0 saturated carbocycles. The molecule has 1 heterocycles. The van der Waals surface area contributed by atoms with E-state index in [0.29, 0.717) is 13.1 Å². The summed E-state index contributed by atoms with van der Waals surface area (Å²) in [6.45, 7) is 4.73. The number of thioether (sulfide) groups is 1. The first kappa shape index (κ1) is 14.3. The number of carbonyl (C=O) groups is 2. The van der Waals surface area contributed by atoms with E-state index in [1.54, 1.807) is 28.6 Å². The van der Waals surface area contributed by atoms with Crippen molar-refractivity contribution in [2.45, 2.75) is 13.0 Å². The van der Waals surface area contributed by atoms with Crippen LogP contribution < -0.4 is 5.32 Å². The summed E-state index contributed by atoms with van der Waals surface area (Å²) < 4.78 is 0. The maximum atomic E-state index is 12.0. The van der Waals surface area contributed by atoms with E-state index in [4.69, 9.17) is 0 Å². The van der Waals surface area contributed by atoms with Gasteiger partial charge in [0.2, 0.25) is 0 Å². The average molecular weight is 259 g/mol. The summed E-state index contributed by atoms with van der Waals surface area (Å²) in [5, 5.41) is 3.16. The maximum absolute atomic E-state index is 12.0. The first-order valence-corrected chi connectivity index (χ1v) is 7.23. The molecule has 6 heteroatoms. The Kier molecular flexibility index (Phi) is 5.77. The number of carbonyl (C=O) groups excluding carboxylic acids is 2. The van der Waals surface area contributed by atoms with Crippen molar-refractivity contribution in [2.24, 2.45) is 0 Å². The highest BCUT2D eigenvalue weighted by Crippen LogP contribution is 2.06. The van der Waals surface area contributed by atoms with Gasteiger partial charge in [-0.05, 0) is 13.2 Å². The van der Waals surface area contributed by atoms with Crippen LogP contribution in [0.5, 0.6) is 0 Å². The highest BCUT2D eigenvalue weighted by atomic mass is 32.2. The van der Waals surface area contributed by atoms with Crippen molar-refractivity contribution in [3.8, 4) is 0 Å². The minimum Gasteiger partial charge on any atom is -0.334 e. The number of nitrogens with zero attached hydrogens (tertiary/aromatic N) is 2. The Morgan fingerprint density at radius 1 is 1.41 bits per heavy atom. The van der Waals surface area contributed by atoms with Gasteiger partial charge in [-0.2, -0.15) is 11.8 Å². The molecule has 1 fully saturated rings. The zero-order valence-corrected chi connectivity index (χ0v) is 11.5. The molecule has 1 unspecified atom stereocenters. The van der Waals surface area contributed by atoms with Crippen LogP contribution in [0.2, 0.25) is 0 Å². The lowest BCUT2D eigenvalue weighted by molar-refractivity contribution is -0.152. The molecule has 0 radical (unpaired) electrons. The van der Waals surface area contributed by atoms with E-state index >= 15 is 0 Å². The van der Waals surface area contributed by atoms with Crippen LogP contribution in [0.1, 0.15) is 6.92 Å². The first-order valence-electron chi connectivity index (χ1n) is 5.83. The normalized spacial score (nSPS) is 17.7. The number of nitrogens with one attached hydrogen (secondary N) is 1. The number of piperazine rings is 1. The molecule has 17 heavy (non-hydrogen) atoms. The second-order valence-electron chi connectivity index (χ2n) is 4.26. The third-order valence-electron chi connectivity index (χ3n) is 2.98. The van der Waals surface area contributed by atoms with Gasteiger partial charge in [0.15, 0.2) is 0 Å². The highest BCUT2D eigenvalue weighted by molar-refractivity contribution is 7.98. The molecule has 1 atom stereocenters. The quantitative estimate of drug-likeness (QED) is 0.703. The molecular weight excluding hydrogens is 238 g/mol. The van der Waals surface area contributed by atoms with Crippen molar-refractivity contribution < 1.29 is 9.59 Å². The number of hydrogen-bond donors (Lipinski definition) is 1. The zero-order chi connectivity index (χ0) is 12.8. The van der Waals surface area contributed by atoms with Gasteiger partial charge >= 0.3 is 11.8 Å². The third kappa shape index (κ3) is 3.89. The van der Waals surface area contributed by atoms with Crippen LogP contribution in [0, 0.1) is 0 Å². The average Bonchev–Trinajstić information content (AvgIpc) is 2.37. The molecule has 0 aromatic carbocycles. The van der Waals surface area contributed by atoms with Crippen LogP contribution in [0.4, 0.5) is 0 Å². The highest BCUT2D eigenvalue weighted by Gasteiger charge is 2.27. The van der Waals surface area contributed by atoms with Crippen LogP contribution >= 0.6 is 11.8 Å². The summed E-state index contributed by atoms with van der Waals surface area (Å²) in [5.41, 5.74) is 0. The summed E-state index contributed by atoms with van der Waals surface area (Å²) >= 11 is 1.67. The molecule has 0 bridgehead atoms. The number of rotatable bonds is 3. The molecule has 0 aromatic heterocycles. The monoisotopic (exact) mass is 259 g/mol. The van der Waals surface area contributed by atoms with Crippen LogP contribution in [0.3, 0.4) is 0 Å². The minimum atomic E-state index is -0.395. The summed E-state index contributed by atoms with van der Waals surface area (Å²) in [6.07, 6.45) is 1.99. The van der Waals surface area contributed by atoms with Crippen LogP contribution in [0.25, 0.3) is 0 Å². The Labute approximate surface area is 107 Å². The van der Waals surface area contributed by atoms with Gasteiger partial charge in [0.1, 0.15) is 0 Å². The third-order valence-corrected chi connectivity index (χ3v) is 3.79. The van der Waals surface area contributed by atoms with E-state index in [1.807, 2.05) is 13.2 Å². The SMILES string of the molecule is CSCC(C)N(C)C(=O)C(=O)N1CCNCC1. The van der Waals surface area contributed by atoms with Gasteiger partial charge in [-0.1, -0.05) is 0 Å². The lowest BCUT2D eigenvalue weighted by Crippen LogP contribution is -2.53. The van der Waals surface area contributed by atoms with E-state index < -0.39 is 5.91 Å². The van der Waals surface area contributed by atoms with Crippen molar-refractivity contribution >= 4 is 23.6 Å². The predicted molar refractivity (Wildman–Crippen MR) is 70.1 cm³/mol. The molecule has 1 saturated heterocycles. The number of amides is 2. The van der Waals surface area contributed by atoms with E-state index in [0.717, 1.165) is 18.8 Å². The Balaban J connectivity index is 2.52. The fourth-order valence-corrected chi connectivity index (χ4v) is 2.41. The van der Waals surface area contributed by atoms with Crippen molar-refractivity contribution in [1.82, 2.24) is 15.1 Å². The minimum absolute atomic E-state index is 0.0874. The van der Waals surface area contributed by atoms with E-state index in [-0.39, 0.29) is 11.9 Å². The van der Waals surface area contributed by atoms with Crippen molar-refractivity contribution in [3.05, 3.63) is 0 Å². The topological polar surface area (TPSA) is 52.7 Å². The summed E-state index contributed by atoms with van der Waals surface area (Å²) in [7, 11) is 1.70. The van der Waals surface area contributed by atoms with Gasteiger partial charge in [-0.25, -0.2) is 0 Å². The van der Waals surface area contributed by atoms with Crippen LogP contribution in [-0.4, -0.2) is 72.9 Å². The standard InChI is InChI=1S/C11H21N3O2S/c1-9(8-17-3)13(2)10(15)11(16)14-6-4-12-5-7-14/h9,12H,4-8H2,1-3H3. The second-order valence-corrected chi connectivity index (χ2v) is 5.17. The summed E-state index contributed by atoms with van der Waals surface area (Å²) in [4.78, 5) is 27.1. The molecular formula is C11H21N3O2S. The Morgan fingerprint density at radius 3 is 2.53 bits per heavy atom. The maximum Gasteiger partial charge on any atom is 0.312 e. The molecule has 98 valence electrons. The fraction of sp³-hybridized carbons (Fsp3) is 0.818. The van der Waals surface area contributed by atoms with Crippen LogP contribution in [0.15, 0.2) is 0 Å². The Bertz CT molecular complexity index is 280. The second kappa shape index (κ2) is 6.86. The molecule has 1 N–H and O–H groups in total. The fourth-order valence-electron chi connectivity index (χ4n) is 1.71. The molecule has 0 aromatic rings. The van der Waals surface area contributed by atoms with Crippen molar-refractivity contribution in [3.63, 3.8) is 0 Å². The molecule has 5 nitrogen and oxygen atoms in total. The van der Waals surface area contributed by atoms with Gasteiger partial charge in [0.25, 0.3) is 0 Å². The number of likely N-dealkylation sites (N-methyl/N-ethyl adjacent to an activating group) is 1. The van der Waals surface area contributed by atoms with Crippen molar-refractivity contribution in [2.75, 3.05) is 45.2 Å².